The second-order valence-corrected chi connectivity index (χ2v) is 3.13. The third-order valence-electron chi connectivity index (χ3n) is 2.06. The Kier molecular flexibility index (Phi) is 2.32. The van der Waals surface area contributed by atoms with Crippen LogP contribution < -0.4 is 11.3 Å². The smallest absolute Gasteiger partial charge is 0.264 e. The van der Waals surface area contributed by atoms with Crippen LogP contribution in [0.2, 0.25) is 0 Å². The van der Waals surface area contributed by atoms with Gasteiger partial charge in [0.2, 0.25) is 11.8 Å². The number of nitrogens with zero attached hydrogens (tertiary/aromatic N) is 1. The van der Waals surface area contributed by atoms with Gasteiger partial charge in [-0.25, -0.2) is 4.39 Å². The van der Waals surface area contributed by atoms with Crippen molar-refractivity contribution >= 4 is 5.95 Å². The third-order valence-corrected chi connectivity index (χ3v) is 2.06. The van der Waals surface area contributed by atoms with E-state index >= 15 is 0 Å². The van der Waals surface area contributed by atoms with Gasteiger partial charge in [-0.1, -0.05) is 18.2 Å². The van der Waals surface area contributed by atoms with Gasteiger partial charge >= 0.3 is 0 Å². The Morgan fingerprint density at radius 2 is 2.06 bits per heavy atom. The minimum absolute atomic E-state index is 0.0197. The van der Waals surface area contributed by atoms with Gasteiger partial charge in [0.05, 0.1) is 0 Å². The first-order valence-corrected chi connectivity index (χ1v) is 4.43. The number of anilines is 1. The number of aromatic nitrogens is 2. The minimum atomic E-state index is -0.685. The normalized spacial score (nSPS) is 10.3. The summed E-state index contributed by atoms with van der Waals surface area (Å²) in [6.07, 6.45) is 0. The standard InChI is InChI=1S/C10H8FN3O2/c11-6-4-2-1-3-5(6)7-8(15)13-10(12)14-9(7)16/h1-4H,(H4,12,13,14,15,16). The third kappa shape index (κ3) is 1.60. The molecule has 0 fully saturated rings. The molecule has 0 aliphatic carbocycles. The molecule has 2 rings (SSSR count). The topological polar surface area (TPSA) is 92.0 Å². The van der Waals surface area contributed by atoms with E-state index in [-0.39, 0.29) is 17.1 Å². The van der Waals surface area contributed by atoms with Gasteiger partial charge in [-0.3, -0.25) is 9.78 Å². The number of hydrogen-bond acceptors (Lipinski definition) is 4. The molecular weight excluding hydrogens is 213 g/mol. The molecular formula is C10H8FN3O2. The molecule has 6 heteroatoms. The van der Waals surface area contributed by atoms with Crippen LogP contribution in [0.15, 0.2) is 29.1 Å². The Balaban J connectivity index is 2.75. The average Bonchev–Trinajstić information content (AvgIpc) is 2.19. The number of nitrogens with two attached hydrogens (primary N) is 1. The molecule has 16 heavy (non-hydrogen) atoms. The van der Waals surface area contributed by atoms with E-state index in [0.29, 0.717) is 0 Å². The number of nitrogens with one attached hydrogen (secondary N) is 1. The van der Waals surface area contributed by atoms with Crippen LogP contribution in [0.4, 0.5) is 10.3 Å². The van der Waals surface area contributed by atoms with Crippen LogP contribution in [0, 0.1) is 5.82 Å². The lowest BCUT2D eigenvalue weighted by Gasteiger charge is -2.04. The Labute approximate surface area is 89.4 Å². The van der Waals surface area contributed by atoms with Crippen molar-refractivity contribution in [3.8, 4) is 17.0 Å². The van der Waals surface area contributed by atoms with E-state index in [4.69, 9.17) is 5.73 Å². The predicted octanol–water partition coefficient (Wildman–Crippen LogP) is 0.864. The van der Waals surface area contributed by atoms with Crippen molar-refractivity contribution in [1.82, 2.24) is 9.97 Å². The van der Waals surface area contributed by atoms with E-state index in [9.17, 15) is 14.3 Å². The van der Waals surface area contributed by atoms with Crippen molar-refractivity contribution < 1.29 is 9.50 Å². The zero-order chi connectivity index (χ0) is 11.7. The van der Waals surface area contributed by atoms with Crippen molar-refractivity contribution in [1.29, 1.82) is 0 Å². The number of nitrogen functional groups attached to an aromatic ring is 1. The van der Waals surface area contributed by atoms with Crippen LogP contribution in [-0.2, 0) is 0 Å². The molecule has 0 saturated carbocycles. The van der Waals surface area contributed by atoms with Gasteiger partial charge in [0, 0.05) is 5.56 Å². The van der Waals surface area contributed by atoms with Gasteiger partial charge in [0.1, 0.15) is 11.4 Å². The summed E-state index contributed by atoms with van der Waals surface area (Å²) >= 11 is 0. The molecule has 0 radical (unpaired) electrons. The summed E-state index contributed by atoms with van der Waals surface area (Å²) in [5.41, 5.74) is 4.29. The Hall–Kier alpha value is -2.37. The van der Waals surface area contributed by atoms with E-state index < -0.39 is 17.3 Å². The Morgan fingerprint density at radius 1 is 1.38 bits per heavy atom. The van der Waals surface area contributed by atoms with Crippen LogP contribution in [-0.4, -0.2) is 15.1 Å². The van der Waals surface area contributed by atoms with E-state index in [0.717, 1.165) is 0 Å². The summed E-state index contributed by atoms with van der Waals surface area (Å²) in [5, 5.41) is 9.47. The second-order valence-electron chi connectivity index (χ2n) is 3.13. The lowest BCUT2D eigenvalue weighted by atomic mass is 10.1. The summed E-state index contributed by atoms with van der Waals surface area (Å²) < 4.78 is 13.4. The maximum Gasteiger partial charge on any atom is 0.264 e. The van der Waals surface area contributed by atoms with Gasteiger partial charge in [0.25, 0.3) is 5.56 Å². The molecule has 0 atom stereocenters. The highest BCUT2D eigenvalue weighted by Gasteiger charge is 2.15. The summed E-state index contributed by atoms with van der Waals surface area (Å²) in [6.45, 7) is 0. The lowest BCUT2D eigenvalue weighted by Crippen LogP contribution is -2.13. The summed E-state index contributed by atoms with van der Waals surface area (Å²) in [6, 6.07) is 5.59. The molecule has 82 valence electrons. The average molecular weight is 221 g/mol. The van der Waals surface area contributed by atoms with Crippen LogP contribution >= 0.6 is 0 Å². The minimum Gasteiger partial charge on any atom is -0.493 e. The highest BCUT2D eigenvalue weighted by atomic mass is 19.1. The number of aromatic hydroxyl groups is 1. The number of benzene rings is 1. The molecule has 0 saturated heterocycles. The molecule has 1 aromatic heterocycles. The SMILES string of the molecule is Nc1nc(O)c(-c2ccccc2F)c(=O)[nH]1. The zero-order valence-electron chi connectivity index (χ0n) is 8.07. The maximum atomic E-state index is 13.4. The van der Waals surface area contributed by atoms with Crippen LogP contribution in [0.25, 0.3) is 11.1 Å². The van der Waals surface area contributed by atoms with Crippen LogP contribution in [0.3, 0.4) is 0 Å². The summed E-state index contributed by atoms with van der Waals surface area (Å²) in [5.74, 6) is -1.43. The molecule has 4 N–H and O–H groups in total. The summed E-state index contributed by atoms with van der Waals surface area (Å²) in [4.78, 5) is 17.2. The maximum absolute atomic E-state index is 13.4. The highest BCUT2D eigenvalue weighted by molar-refractivity contribution is 5.68. The van der Waals surface area contributed by atoms with E-state index in [1.54, 1.807) is 6.07 Å². The molecule has 0 spiro atoms. The Morgan fingerprint density at radius 3 is 2.69 bits per heavy atom. The molecule has 0 aliphatic rings. The van der Waals surface area contributed by atoms with E-state index in [1.807, 2.05) is 0 Å². The highest BCUT2D eigenvalue weighted by Crippen LogP contribution is 2.25. The fourth-order valence-electron chi connectivity index (χ4n) is 1.39. The van der Waals surface area contributed by atoms with E-state index in [2.05, 4.69) is 9.97 Å². The fourth-order valence-corrected chi connectivity index (χ4v) is 1.39. The van der Waals surface area contributed by atoms with Crippen molar-refractivity contribution in [2.24, 2.45) is 0 Å². The lowest BCUT2D eigenvalue weighted by molar-refractivity contribution is 0.454. The summed E-state index contributed by atoms with van der Waals surface area (Å²) in [7, 11) is 0. The molecule has 1 heterocycles. The van der Waals surface area contributed by atoms with Gasteiger partial charge in [-0.2, -0.15) is 4.98 Å². The van der Waals surface area contributed by atoms with Gasteiger partial charge in [-0.05, 0) is 6.07 Å². The number of hydrogen-bond donors (Lipinski definition) is 3. The number of H-pyrrole nitrogens is 1. The van der Waals surface area contributed by atoms with Crippen molar-refractivity contribution in [2.75, 3.05) is 5.73 Å². The van der Waals surface area contributed by atoms with Gasteiger partial charge < -0.3 is 10.8 Å². The molecule has 2 aromatic rings. The predicted molar refractivity (Wildman–Crippen MR) is 56.3 cm³/mol. The van der Waals surface area contributed by atoms with Crippen LogP contribution in [0.1, 0.15) is 0 Å². The molecule has 0 amide bonds. The number of halogens is 1. The first kappa shape index (κ1) is 10.2. The second kappa shape index (κ2) is 3.65. The van der Waals surface area contributed by atoms with Gasteiger partial charge in [-0.15, -0.1) is 0 Å². The fraction of sp³-hybridized carbons (Fsp3) is 0. The zero-order valence-corrected chi connectivity index (χ0v) is 8.07. The number of aromatic amines is 1. The monoisotopic (exact) mass is 221 g/mol. The van der Waals surface area contributed by atoms with Crippen molar-refractivity contribution in [3.05, 3.63) is 40.4 Å². The largest absolute Gasteiger partial charge is 0.493 e. The first-order valence-electron chi connectivity index (χ1n) is 4.43. The van der Waals surface area contributed by atoms with Crippen molar-refractivity contribution in [3.63, 3.8) is 0 Å². The quantitative estimate of drug-likeness (QED) is 0.666. The molecule has 0 aliphatic heterocycles. The number of rotatable bonds is 1. The van der Waals surface area contributed by atoms with E-state index in [1.165, 1.54) is 18.2 Å². The van der Waals surface area contributed by atoms with Gasteiger partial charge in [0.15, 0.2) is 0 Å². The van der Waals surface area contributed by atoms with Crippen molar-refractivity contribution in [2.45, 2.75) is 0 Å². The molecule has 5 nitrogen and oxygen atoms in total. The molecule has 0 unspecified atom stereocenters. The van der Waals surface area contributed by atoms with Crippen LogP contribution in [0.5, 0.6) is 5.88 Å². The molecule has 0 bridgehead atoms. The Bertz CT molecular complexity index is 595. The first-order chi connectivity index (χ1) is 7.59. The molecule has 1 aromatic carbocycles.